The minimum absolute atomic E-state index is 0.667. The number of allylic oxidation sites excluding steroid dienone is 1. The fourth-order valence-electron chi connectivity index (χ4n) is 2.27. The standard InChI is InChI=1S/C15H13N5O/c1-10-8-13(14-15(17-10)20(2)19-18-14)12(5-7-21)11-4-3-6-16-9-11/h3-9H,1-2H3/b12-5+. The lowest BCUT2D eigenvalue weighted by Gasteiger charge is -2.08. The van der Waals surface area contributed by atoms with E-state index in [0.717, 1.165) is 28.7 Å². The summed E-state index contributed by atoms with van der Waals surface area (Å²) in [5.41, 5.74) is 4.62. The van der Waals surface area contributed by atoms with Crippen LogP contribution in [0.3, 0.4) is 0 Å². The normalized spacial score (nSPS) is 11.8. The van der Waals surface area contributed by atoms with E-state index in [2.05, 4.69) is 20.3 Å². The van der Waals surface area contributed by atoms with Gasteiger partial charge in [0, 0.05) is 36.3 Å². The third kappa shape index (κ3) is 2.31. The number of aryl methyl sites for hydroxylation is 2. The first-order chi connectivity index (χ1) is 10.2. The molecule has 21 heavy (non-hydrogen) atoms. The molecular weight excluding hydrogens is 266 g/mol. The highest BCUT2D eigenvalue weighted by Gasteiger charge is 2.15. The van der Waals surface area contributed by atoms with E-state index >= 15 is 0 Å². The molecule has 0 unspecified atom stereocenters. The maximum Gasteiger partial charge on any atom is 0.179 e. The van der Waals surface area contributed by atoms with E-state index in [4.69, 9.17) is 0 Å². The average molecular weight is 279 g/mol. The molecule has 3 heterocycles. The van der Waals surface area contributed by atoms with Gasteiger partial charge in [-0.3, -0.25) is 9.78 Å². The molecule has 3 rings (SSSR count). The van der Waals surface area contributed by atoms with E-state index in [9.17, 15) is 4.79 Å². The highest BCUT2D eigenvalue weighted by atomic mass is 16.1. The zero-order valence-electron chi connectivity index (χ0n) is 11.7. The van der Waals surface area contributed by atoms with Gasteiger partial charge in [-0.05, 0) is 30.7 Å². The number of aldehydes is 1. The third-order valence-electron chi connectivity index (χ3n) is 3.19. The van der Waals surface area contributed by atoms with Gasteiger partial charge in [-0.25, -0.2) is 9.67 Å². The number of aromatic nitrogens is 5. The lowest BCUT2D eigenvalue weighted by Crippen LogP contribution is -1.97. The van der Waals surface area contributed by atoms with Crippen LogP contribution >= 0.6 is 0 Å². The van der Waals surface area contributed by atoms with Crippen LogP contribution in [0.15, 0.2) is 36.7 Å². The maximum atomic E-state index is 11.0. The Balaban J connectivity index is 2.31. The monoisotopic (exact) mass is 279 g/mol. The number of carbonyl (C=O) groups excluding carboxylic acids is 1. The van der Waals surface area contributed by atoms with Crippen molar-refractivity contribution in [2.45, 2.75) is 6.92 Å². The Labute approximate surface area is 121 Å². The minimum atomic E-state index is 0.667. The minimum Gasteiger partial charge on any atom is -0.299 e. The Bertz CT molecular complexity index is 836. The molecule has 0 atom stereocenters. The van der Waals surface area contributed by atoms with Gasteiger partial charge in [0.25, 0.3) is 0 Å². The van der Waals surface area contributed by atoms with Gasteiger partial charge in [0.15, 0.2) is 5.65 Å². The fraction of sp³-hybridized carbons (Fsp3) is 0.133. The van der Waals surface area contributed by atoms with Crippen molar-refractivity contribution in [3.05, 3.63) is 53.5 Å². The summed E-state index contributed by atoms with van der Waals surface area (Å²) >= 11 is 0. The van der Waals surface area contributed by atoms with Gasteiger partial charge in [-0.1, -0.05) is 11.3 Å². The van der Waals surface area contributed by atoms with Crippen molar-refractivity contribution in [1.29, 1.82) is 0 Å². The van der Waals surface area contributed by atoms with Crippen molar-refractivity contribution in [1.82, 2.24) is 25.0 Å². The lowest BCUT2D eigenvalue weighted by molar-refractivity contribution is -0.104. The Morgan fingerprint density at radius 3 is 2.95 bits per heavy atom. The van der Waals surface area contributed by atoms with Gasteiger partial charge in [0.2, 0.25) is 0 Å². The lowest BCUT2D eigenvalue weighted by atomic mass is 9.98. The van der Waals surface area contributed by atoms with Crippen LogP contribution in [0.1, 0.15) is 16.8 Å². The first-order valence-corrected chi connectivity index (χ1v) is 6.44. The molecule has 0 fully saturated rings. The highest BCUT2D eigenvalue weighted by Crippen LogP contribution is 2.27. The predicted octanol–water partition coefficient (Wildman–Crippen LogP) is 1.70. The van der Waals surface area contributed by atoms with E-state index in [1.54, 1.807) is 24.1 Å². The number of hydrogen-bond donors (Lipinski definition) is 0. The second-order valence-corrected chi connectivity index (χ2v) is 4.65. The van der Waals surface area contributed by atoms with Crippen molar-refractivity contribution in [3.63, 3.8) is 0 Å². The van der Waals surface area contributed by atoms with Gasteiger partial charge < -0.3 is 0 Å². The van der Waals surface area contributed by atoms with E-state index in [1.807, 2.05) is 25.1 Å². The van der Waals surface area contributed by atoms with Crippen molar-refractivity contribution < 1.29 is 4.79 Å². The van der Waals surface area contributed by atoms with Crippen LogP contribution in [0.2, 0.25) is 0 Å². The molecule has 104 valence electrons. The number of carbonyl (C=O) groups is 1. The Kier molecular flexibility index (Phi) is 3.27. The highest BCUT2D eigenvalue weighted by molar-refractivity contribution is 5.97. The number of rotatable bonds is 3. The molecule has 0 aliphatic rings. The second-order valence-electron chi connectivity index (χ2n) is 4.65. The summed E-state index contributed by atoms with van der Waals surface area (Å²) in [5.74, 6) is 0. The second kappa shape index (κ2) is 5.24. The number of nitrogens with zero attached hydrogens (tertiary/aromatic N) is 5. The van der Waals surface area contributed by atoms with Crippen LogP contribution in [-0.2, 0) is 11.8 Å². The molecular formula is C15H13N5O. The molecule has 0 N–H and O–H groups in total. The zero-order chi connectivity index (χ0) is 14.8. The molecule has 0 bridgehead atoms. The van der Waals surface area contributed by atoms with Crippen LogP contribution in [0.4, 0.5) is 0 Å². The Hall–Kier alpha value is -2.89. The van der Waals surface area contributed by atoms with Crippen molar-refractivity contribution in [2.75, 3.05) is 0 Å². The van der Waals surface area contributed by atoms with Crippen molar-refractivity contribution in [2.24, 2.45) is 7.05 Å². The molecule has 0 saturated carbocycles. The molecule has 3 aromatic rings. The van der Waals surface area contributed by atoms with E-state index in [0.29, 0.717) is 11.2 Å². The van der Waals surface area contributed by atoms with Gasteiger partial charge in [-0.2, -0.15) is 0 Å². The maximum absolute atomic E-state index is 11.0. The smallest absolute Gasteiger partial charge is 0.179 e. The zero-order valence-corrected chi connectivity index (χ0v) is 11.7. The quantitative estimate of drug-likeness (QED) is 0.539. The first kappa shape index (κ1) is 13.1. The molecule has 6 nitrogen and oxygen atoms in total. The molecule has 0 amide bonds. The molecule has 6 heteroatoms. The van der Waals surface area contributed by atoms with E-state index in [1.165, 1.54) is 6.08 Å². The summed E-state index contributed by atoms with van der Waals surface area (Å²) in [6.45, 7) is 1.90. The van der Waals surface area contributed by atoms with Gasteiger partial charge in [-0.15, -0.1) is 5.10 Å². The number of fused-ring (bicyclic) bond motifs is 1. The summed E-state index contributed by atoms with van der Waals surface area (Å²) in [5, 5.41) is 8.17. The molecule has 0 radical (unpaired) electrons. The fourth-order valence-corrected chi connectivity index (χ4v) is 2.27. The van der Waals surface area contributed by atoms with Crippen LogP contribution in [0.25, 0.3) is 16.7 Å². The first-order valence-electron chi connectivity index (χ1n) is 6.44. The summed E-state index contributed by atoms with van der Waals surface area (Å²) in [6.07, 6.45) is 5.69. The molecule has 0 spiro atoms. The van der Waals surface area contributed by atoms with Gasteiger partial charge in [0.1, 0.15) is 11.8 Å². The molecule has 3 aromatic heterocycles. The van der Waals surface area contributed by atoms with Crippen LogP contribution in [0.5, 0.6) is 0 Å². The summed E-state index contributed by atoms with van der Waals surface area (Å²) < 4.78 is 1.62. The van der Waals surface area contributed by atoms with E-state index in [-0.39, 0.29) is 0 Å². The topological polar surface area (TPSA) is 73.6 Å². The summed E-state index contributed by atoms with van der Waals surface area (Å²) in [7, 11) is 1.79. The summed E-state index contributed by atoms with van der Waals surface area (Å²) in [6, 6.07) is 5.63. The van der Waals surface area contributed by atoms with Crippen molar-refractivity contribution in [3.8, 4) is 0 Å². The van der Waals surface area contributed by atoms with Crippen LogP contribution in [-0.4, -0.2) is 31.2 Å². The van der Waals surface area contributed by atoms with Crippen LogP contribution in [0, 0.1) is 6.92 Å². The van der Waals surface area contributed by atoms with Gasteiger partial charge >= 0.3 is 0 Å². The number of pyridine rings is 2. The average Bonchev–Trinajstić information content (AvgIpc) is 2.86. The predicted molar refractivity (Wildman–Crippen MR) is 78.4 cm³/mol. The SMILES string of the molecule is Cc1cc(/C(=C/C=O)c2cccnc2)c2nnn(C)c2n1. The van der Waals surface area contributed by atoms with E-state index < -0.39 is 0 Å². The summed E-state index contributed by atoms with van der Waals surface area (Å²) in [4.78, 5) is 19.6. The largest absolute Gasteiger partial charge is 0.299 e. The number of hydrogen-bond acceptors (Lipinski definition) is 5. The third-order valence-corrected chi connectivity index (χ3v) is 3.19. The molecule has 0 aliphatic carbocycles. The molecule has 0 aromatic carbocycles. The van der Waals surface area contributed by atoms with Gasteiger partial charge in [0.05, 0.1) is 0 Å². The Morgan fingerprint density at radius 2 is 2.24 bits per heavy atom. The molecule has 0 saturated heterocycles. The Morgan fingerprint density at radius 1 is 1.38 bits per heavy atom. The molecule has 0 aliphatic heterocycles. The van der Waals surface area contributed by atoms with Crippen LogP contribution < -0.4 is 0 Å². The van der Waals surface area contributed by atoms with Crippen molar-refractivity contribution >= 4 is 23.0 Å².